The highest BCUT2D eigenvalue weighted by molar-refractivity contribution is 6.06. The molecule has 3 rings (SSSR count). The van der Waals surface area contributed by atoms with E-state index in [0.717, 1.165) is 30.6 Å². The maximum absolute atomic E-state index is 12.9. The van der Waals surface area contributed by atoms with Gasteiger partial charge < -0.3 is 15.5 Å². The van der Waals surface area contributed by atoms with Crippen LogP contribution in [0.2, 0.25) is 0 Å². The number of pyridine rings is 1. The van der Waals surface area contributed by atoms with Crippen molar-refractivity contribution in [2.75, 3.05) is 32.5 Å². The fourth-order valence-electron chi connectivity index (χ4n) is 3.17. The number of hydrogen-bond acceptors (Lipinski definition) is 4. The summed E-state index contributed by atoms with van der Waals surface area (Å²) < 4.78 is 1.65. The van der Waals surface area contributed by atoms with Crippen LogP contribution >= 0.6 is 0 Å². The van der Waals surface area contributed by atoms with E-state index in [-0.39, 0.29) is 23.3 Å². The van der Waals surface area contributed by atoms with Crippen molar-refractivity contribution in [1.82, 2.24) is 19.6 Å². The second-order valence-corrected chi connectivity index (χ2v) is 7.12. The van der Waals surface area contributed by atoms with Gasteiger partial charge >= 0.3 is 0 Å². The van der Waals surface area contributed by atoms with Crippen molar-refractivity contribution in [3.8, 4) is 0 Å². The minimum absolute atomic E-state index is 0.185. The molecule has 0 atom stereocenters. The van der Waals surface area contributed by atoms with Gasteiger partial charge in [-0.2, -0.15) is 0 Å². The lowest BCUT2D eigenvalue weighted by Crippen LogP contribution is -2.27. The van der Waals surface area contributed by atoms with Crippen molar-refractivity contribution in [1.29, 1.82) is 0 Å². The van der Waals surface area contributed by atoms with Gasteiger partial charge in [0.2, 0.25) is 5.82 Å². The van der Waals surface area contributed by atoms with Gasteiger partial charge in [-0.3, -0.25) is 14.0 Å². The molecule has 0 radical (unpaired) electrons. The fraction of sp³-hybridized carbons (Fsp3) is 0.318. The SMILES string of the molecule is CCc1ccccc1NC(=O)c1nc(C(=O)NCCCN(C)C)c2ccccn12. The lowest BCUT2D eigenvalue weighted by atomic mass is 10.1. The highest BCUT2D eigenvalue weighted by Crippen LogP contribution is 2.18. The molecule has 0 bridgehead atoms. The Morgan fingerprint density at radius 1 is 1.07 bits per heavy atom. The first-order valence-corrected chi connectivity index (χ1v) is 9.80. The number of para-hydroxylation sites is 1. The van der Waals surface area contributed by atoms with Crippen molar-refractivity contribution in [3.63, 3.8) is 0 Å². The van der Waals surface area contributed by atoms with Gasteiger partial charge in [0.1, 0.15) is 0 Å². The molecule has 7 heteroatoms. The van der Waals surface area contributed by atoms with Gasteiger partial charge in [0.25, 0.3) is 11.8 Å². The highest BCUT2D eigenvalue weighted by Gasteiger charge is 2.21. The molecule has 29 heavy (non-hydrogen) atoms. The number of benzene rings is 1. The van der Waals surface area contributed by atoms with Gasteiger partial charge in [0.05, 0.1) is 5.52 Å². The van der Waals surface area contributed by atoms with Gasteiger partial charge in [-0.1, -0.05) is 31.2 Å². The predicted octanol–water partition coefficient (Wildman–Crippen LogP) is 2.83. The van der Waals surface area contributed by atoms with Gasteiger partial charge in [0, 0.05) is 18.4 Å². The fourth-order valence-corrected chi connectivity index (χ4v) is 3.17. The van der Waals surface area contributed by atoms with Crippen molar-refractivity contribution < 1.29 is 9.59 Å². The number of hydrogen-bond donors (Lipinski definition) is 2. The zero-order chi connectivity index (χ0) is 20.8. The molecule has 0 unspecified atom stereocenters. The summed E-state index contributed by atoms with van der Waals surface area (Å²) in [4.78, 5) is 32.0. The molecule has 0 fully saturated rings. The standard InChI is InChI=1S/C22H27N5O2/c1-4-16-10-5-6-11-17(16)24-22(29)20-25-19(18-12-7-8-15-27(18)20)21(28)23-13-9-14-26(2)3/h5-8,10-12,15H,4,9,13-14H2,1-3H3,(H,23,28)(H,24,29). The second kappa shape index (κ2) is 9.34. The smallest absolute Gasteiger partial charge is 0.292 e. The van der Waals surface area contributed by atoms with E-state index in [4.69, 9.17) is 0 Å². The maximum Gasteiger partial charge on any atom is 0.292 e. The first-order valence-electron chi connectivity index (χ1n) is 9.80. The molecule has 0 saturated heterocycles. The molecule has 0 aliphatic carbocycles. The number of fused-ring (bicyclic) bond motifs is 1. The van der Waals surface area contributed by atoms with Gasteiger partial charge in [-0.15, -0.1) is 0 Å². The Balaban J connectivity index is 1.84. The van der Waals surface area contributed by atoms with E-state index in [1.165, 1.54) is 0 Å². The summed E-state index contributed by atoms with van der Waals surface area (Å²) in [5.74, 6) is -0.441. The normalized spacial score (nSPS) is 11.0. The van der Waals surface area contributed by atoms with Crippen LogP contribution in [0.25, 0.3) is 5.52 Å². The first kappa shape index (κ1) is 20.5. The average molecular weight is 393 g/mol. The highest BCUT2D eigenvalue weighted by atomic mass is 16.2. The summed E-state index contributed by atoms with van der Waals surface area (Å²) in [6.07, 6.45) is 3.39. The van der Waals surface area contributed by atoms with Crippen LogP contribution in [0, 0.1) is 0 Å². The van der Waals surface area contributed by atoms with E-state index in [1.807, 2.05) is 57.4 Å². The Morgan fingerprint density at radius 3 is 2.59 bits per heavy atom. The summed E-state index contributed by atoms with van der Waals surface area (Å²) in [6.45, 7) is 3.47. The third-order valence-electron chi connectivity index (χ3n) is 4.68. The molecule has 0 spiro atoms. The maximum atomic E-state index is 12.9. The molecule has 2 aromatic heterocycles. The first-order chi connectivity index (χ1) is 14.0. The molecule has 0 saturated carbocycles. The Morgan fingerprint density at radius 2 is 1.83 bits per heavy atom. The number of amides is 2. The van der Waals surface area contributed by atoms with E-state index in [1.54, 1.807) is 16.7 Å². The number of nitrogens with zero attached hydrogens (tertiary/aromatic N) is 3. The average Bonchev–Trinajstić information content (AvgIpc) is 3.11. The summed E-state index contributed by atoms with van der Waals surface area (Å²) in [6, 6.07) is 13.1. The Labute approximate surface area is 170 Å². The lowest BCUT2D eigenvalue weighted by molar-refractivity contribution is 0.0949. The second-order valence-electron chi connectivity index (χ2n) is 7.12. The summed E-state index contributed by atoms with van der Waals surface area (Å²) in [5, 5.41) is 5.82. The molecule has 2 amide bonds. The number of carbonyl (C=O) groups excluding carboxylic acids is 2. The zero-order valence-corrected chi connectivity index (χ0v) is 17.1. The number of rotatable bonds is 8. The molecule has 2 N–H and O–H groups in total. The topological polar surface area (TPSA) is 78.7 Å². The van der Waals surface area contributed by atoms with Crippen molar-refractivity contribution >= 4 is 23.0 Å². The number of carbonyl (C=O) groups is 2. The third kappa shape index (κ3) is 4.81. The van der Waals surface area contributed by atoms with Crippen LogP contribution < -0.4 is 10.6 Å². The lowest BCUT2D eigenvalue weighted by Gasteiger charge is -2.09. The van der Waals surface area contributed by atoms with Gasteiger partial charge in [-0.05, 0) is 57.2 Å². The van der Waals surface area contributed by atoms with Crippen LogP contribution in [0.15, 0.2) is 48.7 Å². The van der Waals surface area contributed by atoms with Crippen LogP contribution in [0.5, 0.6) is 0 Å². The van der Waals surface area contributed by atoms with E-state index < -0.39 is 0 Å². The predicted molar refractivity (Wildman–Crippen MR) is 114 cm³/mol. The molecule has 0 aliphatic rings. The molecule has 3 aromatic rings. The Hall–Kier alpha value is -3.19. The van der Waals surface area contributed by atoms with E-state index >= 15 is 0 Å². The Kier molecular flexibility index (Phi) is 6.61. The van der Waals surface area contributed by atoms with E-state index in [2.05, 4.69) is 20.5 Å². The zero-order valence-electron chi connectivity index (χ0n) is 17.1. The third-order valence-corrected chi connectivity index (χ3v) is 4.68. The van der Waals surface area contributed by atoms with Crippen molar-refractivity contribution in [2.24, 2.45) is 0 Å². The molecule has 1 aromatic carbocycles. The number of imidazole rings is 1. The molecular formula is C22H27N5O2. The van der Waals surface area contributed by atoms with Crippen LogP contribution in [0.1, 0.15) is 40.0 Å². The largest absolute Gasteiger partial charge is 0.351 e. The minimum Gasteiger partial charge on any atom is -0.351 e. The van der Waals surface area contributed by atoms with Crippen LogP contribution in [-0.4, -0.2) is 53.3 Å². The van der Waals surface area contributed by atoms with E-state index in [9.17, 15) is 9.59 Å². The monoisotopic (exact) mass is 393 g/mol. The molecule has 0 aliphatic heterocycles. The van der Waals surface area contributed by atoms with Gasteiger partial charge in [-0.25, -0.2) is 4.98 Å². The van der Waals surface area contributed by atoms with Gasteiger partial charge in [0.15, 0.2) is 5.69 Å². The molecule has 7 nitrogen and oxygen atoms in total. The number of aryl methyl sites for hydroxylation is 1. The molecule has 152 valence electrons. The summed E-state index contributed by atoms with van der Waals surface area (Å²) in [7, 11) is 3.98. The minimum atomic E-state index is -0.348. The van der Waals surface area contributed by atoms with Crippen molar-refractivity contribution in [3.05, 3.63) is 65.7 Å². The van der Waals surface area contributed by atoms with Crippen LogP contribution in [0.4, 0.5) is 5.69 Å². The Bertz CT molecular complexity index is 1010. The van der Waals surface area contributed by atoms with Crippen molar-refractivity contribution in [2.45, 2.75) is 19.8 Å². The summed E-state index contributed by atoms with van der Waals surface area (Å²) in [5.41, 5.74) is 2.65. The molecular weight excluding hydrogens is 366 g/mol. The number of anilines is 1. The quantitative estimate of drug-likeness (QED) is 0.577. The van der Waals surface area contributed by atoms with Crippen LogP contribution in [0.3, 0.4) is 0 Å². The number of nitrogens with one attached hydrogen (secondary N) is 2. The van der Waals surface area contributed by atoms with Crippen LogP contribution in [-0.2, 0) is 6.42 Å². The van der Waals surface area contributed by atoms with E-state index in [0.29, 0.717) is 12.1 Å². The molecule has 2 heterocycles. The summed E-state index contributed by atoms with van der Waals surface area (Å²) >= 11 is 0. The number of aromatic nitrogens is 2.